The molecule has 2 rings (SSSR count). The second-order valence-corrected chi connectivity index (χ2v) is 7.77. The third-order valence-electron chi connectivity index (χ3n) is 5.10. The molecule has 2 N–H and O–H groups in total. The summed E-state index contributed by atoms with van der Waals surface area (Å²) in [6.07, 6.45) is 10.1. The average Bonchev–Trinajstić information content (AvgIpc) is 2.81. The summed E-state index contributed by atoms with van der Waals surface area (Å²) >= 11 is 0. The Morgan fingerprint density at radius 1 is 1.25 bits per heavy atom. The minimum atomic E-state index is -1.06. The van der Waals surface area contributed by atoms with Gasteiger partial charge in [0.05, 0.1) is 11.2 Å². The Bertz CT molecular complexity index is 568. The van der Waals surface area contributed by atoms with E-state index in [4.69, 9.17) is 4.74 Å². The highest BCUT2D eigenvalue weighted by molar-refractivity contribution is 5.90. The Hall–Kier alpha value is -1.39. The largest absolute Gasteiger partial charge is 0.454 e. The molecule has 4 heteroatoms. The number of esters is 1. The van der Waals surface area contributed by atoms with Crippen LogP contribution in [-0.2, 0) is 9.53 Å². The van der Waals surface area contributed by atoms with E-state index in [1.807, 2.05) is 26.8 Å². The number of allylic oxidation sites excluding steroid dienone is 1. The van der Waals surface area contributed by atoms with Crippen molar-refractivity contribution in [3.05, 3.63) is 35.5 Å². The van der Waals surface area contributed by atoms with Crippen LogP contribution in [0.2, 0.25) is 0 Å². The minimum Gasteiger partial charge on any atom is -0.454 e. The van der Waals surface area contributed by atoms with E-state index in [2.05, 4.69) is 6.08 Å². The summed E-state index contributed by atoms with van der Waals surface area (Å²) in [5.41, 5.74) is -0.224. The Labute approximate surface area is 144 Å². The molecule has 1 heterocycles. The standard InChI is InChI=1S/C20H30O4/c1-14(2)20(23)9-7-16-13-17(24-18(16)21)12-15(3)6-5-8-19(4,22)10-11-20/h6,10-11,13-14,17,22-23H,5,7-9,12H2,1-4H3. The van der Waals surface area contributed by atoms with Crippen LogP contribution in [0, 0.1) is 5.92 Å². The van der Waals surface area contributed by atoms with Gasteiger partial charge < -0.3 is 14.9 Å². The van der Waals surface area contributed by atoms with Crippen molar-refractivity contribution in [2.24, 2.45) is 5.92 Å². The lowest BCUT2D eigenvalue weighted by molar-refractivity contribution is -0.139. The summed E-state index contributed by atoms with van der Waals surface area (Å²) in [4.78, 5) is 12.0. The van der Waals surface area contributed by atoms with Gasteiger partial charge >= 0.3 is 5.97 Å². The first-order chi connectivity index (χ1) is 11.1. The Morgan fingerprint density at radius 3 is 2.62 bits per heavy atom. The second kappa shape index (κ2) is 7.24. The van der Waals surface area contributed by atoms with E-state index in [9.17, 15) is 15.0 Å². The summed E-state index contributed by atoms with van der Waals surface area (Å²) < 4.78 is 5.42. The van der Waals surface area contributed by atoms with Gasteiger partial charge in [0.1, 0.15) is 6.10 Å². The maximum Gasteiger partial charge on any atom is 0.334 e. The Balaban J connectivity index is 2.30. The van der Waals surface area contributed by atoms with Crippen LogP contribution in [0.5, 0.6) is 0 Å². The summed E-state index contributed by atoms with van der Waals surface area (Å²) in [6, 6.07) is 0. The molecule has 3 atom stereocenters. The topological polar surface area (TPSA) is 66.8 Å². The molecule has 4 nitrogen and oxygen atoms in total. The smallest absolute Gasteiger partial charge is 0.334 e. The maximum atomic E-state index is 12.0. The number of aliphatic hydroxyl groups is 2. The SMILES string of the molecule is CC1=CCCC(C)(O)C=CC(O)(C(C)C)CCC2=CC(C1)OC2=O. The molecule has 0 amide bonds. The summed E-state index contributed by atoms with van der Waals surface area (Å²) in [5, 5.41) is 21.5. The molecule has 0 aromatic heterocycles. The molecule has 0 spiro atoms. The van der Waals surface area contributed by atoms with Crippen LogP contribution in [0.15, 0.2) is 35.5 Å². The fourth-order valence-electron chi connectivity index (χ4n) is 3.14. The Kier molecular flexibility index (Phi) is 5.71. The van der Waals surface area contributed by atoms with Crippen molar-refractivity contribution in [1.82, 2.24) is 0 Å². The molecule has 24 heavy (non-hydrogen) atoms. The summed E-state index contributed by atoms with van der Waals surface area (Å²) in [5.74, 6) is -0.293. The van der Waals surface area contributed by atoms with Crippen LogP contribution in [-0.4, -0.2) is 33.5 Å². The van der Waals surface area contributed by atoms with E-state index in [1.165, 1.54) is 0 Å². The van der Waals surface area contributed by atoms with Crippen molar-refractivity contribution in [2.75, 3.05) is 0 Å². The molecule has 0 aromatic carbocycles. The molecule has 0 radical (unpaired) electrons. The number of ether oxygens (including phenoxy) is 1. The Morgan fingerprint density at radius 2 is 1.96 bits per heavy atom. The number of hydrogen-bond acceptors (Lipinski definition) is 4. The first kappa shape index (κ1) is 18.9. The van der Waals surface area contributed by atoms with Crippen LogP contribution >= 0.6 is 0 Å². The fourth-order valence-corrected chi connectivity index (χ4v) is 3.14. The van der Waals surface area contributed by atoms with E-state index in [-0.39, 0.29) is 18.0 Å². The van der Waals surface area contributed by atoms with Gasteiger partial charge in [-0.2, -0.15) is 0 Å². The second-order valence-electron chi connectivity index (χ2n) is 7.77. The van der Waals surface area contributed by atoms with Gasteiger partial charge in [-0.25, -0.2) is 4.79 Å². The molecule has 2 aliphatic rings. The molecule has 134 valence electrons. The van der Waals surface area contributed by atoms with Gasteiger partial charge in [-0.3, -0.25) is 0 Å². The minimum absolute atomic E-state index is 0.0200. The van der Waals surface area contributed by atoms with Gasteiger partial charge in [0, 0.05) is 12.0 Å². The van der Waals surface area contributed by atoms with Crippen LogP contribution in [0.4, 0.5) is 0 Å². The normalized spacial score (nSPS) is 35.3. The fraction of sp³-hybridized carbons (Fsp3) is 0.650. The third-order valence-corrected chi connectivity index (χ3v) is 5.10. The van der Waals surface area contributed by atoms with E-state index in [1.54, 1.807) is 19.1 Å². The van der Waals surface area contributed by atoms with Gasteiger partial charge in [0.2, 0.25) is 0 Å². The van der Waals surface area contributed by atoms with E-state index < -0.39 is 11.2 Å². The predicted octanol–water partition coefficient (Wildman–Crippen LogP) is 3.44. The first-order valence-electron chi connectivity index (χ1n) is 8.84. The maximum absolute atomic E-state index is 12.0. The van der Waals surface area contributed by atoms with Crippen LogP contribution in [0.3, 0.4) is 0 Å². The van der Waals surface area contributed by atoms with Crippen LogP contribution < -0.4 is 0 Å². The lowest BCUT2D eigenvalue weighted by Crippen LogP contribution is -2.34. The van der Waals surface area contributed by atoms with Crippen molar-refractivity contribution < 1.29 is 19.7 Å². The molecule has 1 aliphatic heterocycles. The number of hydrogen-bond donors (Lipinski definition) is 2. The van der Waals surface area contributed by atoms with Gasteiger partial charge in [-0.05, 0) is 51.5 Å². The lowest BCUT2D eigenvalue weighted by Gasteiger charge is -2.30. The molecule has 0 fully saturated rings. The van der Waals surface area contributed by atoms with Crippen molar-refractivity contribution in [3.63, 3.8) is 0 Å². The highest BCUT2D eigenvalue weighted by Crippen LogP contribution is 2.31. The molecular formula is C20H30O4. The van der Waals surface area contributed by atoms with Crippen LogP contribution in [0.25, 0.3) is 0 Å². The monoisotopic (exact) mass is 334 g/mol. The van der Waals surface area contributed by atoms with Gasteiger partial charge in [-0.15, -0.1) is 0 Å². The van der Waals surface area contributed by atoms with Gasteiger partial charge in [0.25, 0.3) is 0 Å². The van der Waals surface area contributed by atoms with Crippen molar-refractivity contribution >= 4 is 5.97 Å². The quantitative estimate of drug-likeness (QED) is 0.569. The zero-order chi connectivity index (χ0) is 18.0. The summed E-state index contributed by atoms with van der Waals surface area (Å²) in [7, 11) is 0. The number of fused-ring (bicyclic) bond motifs is 1. The van der Waals surface area contributed by atoms with Crippen LogP contribution in [0.1, 0.15) is 59.8 Å². The third kappa shape index (κ3) is 4.81. The molecule has 1 aliphatic carbocycles. The molecular weight excluding hydrogens is 304 g/mol. The molecule has 0 saturated heterocycles. The highest BCUT2D eigenvalue weighted by atomic mass is 16.5. The molecule has 3 unspecified atom stereocenters. The van der Waals surface area contributed by atoms with Crippen molar-refractivity contribution in [3.8, 4) is 0 Å². The zero-order valence-electron chi connectivity index (χ0n) is 15.2. The van der Waals surface area contributed by atoms with E-state index >= 15 is 0 Å². The van der Waals surface area contributed by atoms with Crippen molar-refractivity contribution in [2.45, 2.75) is 77.1 Å². The highest BCUT2D eigenvalue weighted by Gasteiger charge is 2.32. The number of carbonyl (C=O) groups is 1. The summed E-state index contributed by atoms with van der Waals surface area (Å²) in [6.45, 7) is 7.67. The number of rotatable bonds is 1. The molecule has 0 saturated carbocycles. The molecule has 2 bridgehead atoms. The first-order valence-corrected chi connectivity index (χ1v) is 8.84. The van der Waals surface area contributed by atoms with E-state index in [0.717, 1.165) is 12.0 Å². The predicted molar refractivity (Wildman–Crippen MR) is 94.4 cm³/mol. The lowest BCUT2D eigenvalue weighted by atomic mass is 9.82. The van der Waals surface area contributed by atoms with Gasteiger partial charge in [0.15, 0.2) is 0 Å². The molecule has 0 aromatic rings. The average molecular weight is 334 g/mol. The van der Waals surface area contributed by atoms with Crippen molar-refractivity contribution in [1.29, 1.82) is 0 Å². The zero-order valence-corrected chi connectivity index (χ0v) is 15.2. The van der Waals surface area contributed by atoms with Gasteiger partial charge in [-0.1, -0.05) is 37.6 Å². The van der Waals surface area contributed by atoms with E-state index in [0.29, 0.717) is 31.3 Å². The number of carbonyl (C=O) groups excluding carboxylic acids is 1.